The summed E-state index contributed by atoms with van der Waals surface area (Å²) in [5.74, 6) is 0. The summed E-state index contributed by atoms with van der Waals surface area (Å²) in [6.45, 7) is 0. The highest BCUT2D eigenvalue weighted by Gasteiger charge is 2.08. The molecule has 0 aromatic carbocycles. The summed E-state index contributed by atoms with van der Waals surface area (Å²) in [4.78, 5) is 7.92. The molecule has 0 aliphatic rings. The molecule has 2 heterocycles. The average Bonchev–Trinajstić information content (AvgIpc) is 2.47. The van der Waals surface area contributed by atoms with Crippen molar-refractivity contribution in [1.29, 1.82) is 0 Å². The molecule has 2 rings (SSSR count). The van der Waals surface area contributed by atoms with E-state index in [-0.39, 0.29) is 5.28 Å². The monoisotopic (exact) mass is 345 g/mol. The van der Waals surface area contributed by atoms with Gasteiger partial charge in [-0.1, -0.05) is 11.6 Å². The first-order valence-corrected chi connectivity index (χ1v) is 7.29. The quantitative estimate of drug-likeness (QED) is 0.449. The molecule has 0 radical (unpaired) electrons. The highest BCUT2D eigenvalue weighted by atomic mass is 127. The molecular weight excluding hydrogens is 344 g/mol. The van der Waals surface area contributed by atoms with E-state index in [4.69, 9.17) is 23.2 Å². The second-order valence-electron chi connectivity index (χ2n) is 2.23. The van der Waals surface area contributed by atoms with E-state index in [9.17, 15) is 0 Å². The molecule has 0 atom stereocenters. The van der Waals surface area contributed by atoms with Crippen LogP contribution in [0.25, 0.3) is 11.0 Å². The first-order chi connectivity index (χ1) is 6.22. The van der Waals surface area contributed by atoms with Gasteiger partial charge in [-0.2, -0.15) is 4.98 Å². The second kappa shape index (κ2) is 3.80. The van der Waals surface area contributed by atoms with Gasteiger partial charge in [-0.3, -0.25) is 3.97 Å². The third-order valence-corrected chi connectivity index (χ3v) is 3.69. The minimum atomic E-state index is 0.169. The minimum absolute atomic E-state index is 0.169. The molecule has 0 saturated carbocycles. The highest BCUT2D eigenvalue weighted by Crippen LogP contribution is 2.27. The van der Waals surface area contributed by atoms with Crippen LogP contribution in [-0.4, -0.2) is 13.9 Å². The van der Waals surface area contributed by atoms with Crippen LogP contribution < -0.4 is 0 Å². The maximum Gasteiger partial charge on any atom is 0.225 e. The van der Waals surface area contributed by atoms with Gasteiger partial charge < -0.3 is 0 Å². The van der Waals surface area contributed by atoms with E-state index in [2.05, 4.69) is 31.2 Å². The molecule has 0 spiro atoms. The predicted octanol–water partition coefficient (Wildman–Crippen LogP) is 3.58. The lowest BCUT2D eigenvalue weighted by atomic mass is 10.4. The van der Waals surface area contributed by atoms with E-state index in [1.165, 1.54) is 9.12 Å². The number of hydrogen-bond acceptors (Lipinski definition) is 3. The lowest BCUT2D eigenvalue weighted by molar-refractivity contribution is 1.18. The Balaban J connectivity index is 2.82. The zero-order valence-electron chi connectivity index (χ0n) is 6.04. The summed E-state index contributed by atoms with van der Waals surface area (Å²) < 4.78 is 1.87. The first-order valence-electron chi connectivity index (χ1n) is 3.21. The van der Waals surface area contributed by atoms with E-state index in [1.807, 2.05) is 16.2 Å². The number of halogens is 3. The summed E-state index contributed by atoms with van der Waals surface area (Å²) >= 11 is 13.7. The minimum Gasteiger partial charge on any atom is -0.266 e. The van der Waals surface area contributed by atoms with E-state index >= 15 is 0 Å². The molecule has 0 fully saturated rings. The molecule has 7 heteroatoms. The van der Waals surface area contributed by atoms with Crippen molar-refractivity contribution in [2.45, 2.75) is 0 Å². The Hall–Kier alpha value is 0.280. The Labute approximate surface area is 101 Å². The third-order valence-electron chi connectivity index (χ3n) is 1.51. The maximum atomic E-state index is 5.87. The van der Waals surface area contributed by atoms with Crippen LogP contribution in [0.15, 0.2) is 12.3 Å². The van der Waals surface area contributed by atoms with Gasteiger partial charge in [0.25, 0.3) is 0 Å². The van der Waals surface area contributed by atoms with Crippen molar-refractivity contribution in [3.05, 3.63) is 22.7 Å². The Morgan fingerprint density at radius 3 is 2.85 bits per heavy atom. The summed E-state index contributed by atoms with van der Waals surface area (Å²) in [5, 5.41) is 1.37. The molecule has 0 amide bonds. The number of fused-ring (bicyclic) bond motifs is 1. The lowest BCUT2D eigenvalue weighted by Crippen LogP contribution is -1.88. The Kier molecular flexibility index (Phi) is 2.87. The van der Waals surface area contributed by atoms with Gasteiger partial charge in [0.05, 0.1) is 5.39 Å². The lowest BCUT2D eigenvalue weighted by Gasteiger charge is -1.97. The summed E-state index contributed by atoms with van der Waals surface area (Å²) in [5.41, 5.74) is 0.740. The van der Waals surface area contributed by atoms with E-state index in [0.717, 1.165) is 11.0 Å². The van der Waals surface area contributed by atoms with E-state index < -0.39 is 0 Å². The number of rotatable bonds is 1. The van der Waals surface area contributed by atoms with Crippen molar-refractivity contribution < 1.29 is 0 Å². The summed E-state index contributed by atoms with van der Waals surface area (Å²) in [6.07, 6.45) is 1.87. The molecule has 2 aromatic rings. The summed E-state index contributed by atoms with van der Waals surface area (Å²) in [7, 11) is 1.50. The molecule has 0 aliphatic carbocycles. The van der Waals surface area contributed by atoms with Crippen LogP contribution in [0, 0.1) is 0 Å². The molecule has 3 nitrogen and oxygen atoms in total. The third kappa shape index (κ3) is 1.74. The van der Waals surface area contributed by atoms with Crippen LogP contribution in [0.1, 0.15) is 0 Å². The number of hydrogen-bond donors (Lipinski definition) is 0. The van der Waals surface area contributed by atoms with Crippen molar-refractivity contribution in [3.8, 4) is 0 Å². The Morgan fingerprint density at radius 2 is 2.15 bits per heavy atom. The number of nitrogens with zero attached hydrogens (tertiary/aromatic N) is 3. The molecular formula is C6H2Cl2IN3S. The first kappa shape index (κ1) is 9.82. The van der Waals surface area contributed by atoms with Crippen LogP contribution in [0.3, 0.4) is 0 Å². The van der Waals surface area contributed by atoms with Crippen molar-refractivity contribution in [3.63, 3.8) is 0 Å². The smallest absolute Gasteiger partial charge is 0.225 e. The highest BCUT2D eigenvalue weighted by molar-refractivity contribution is 14.2. The van der Waals surface area contributed by atoms with Gasteiger partial charge in [-0.05, 0) is 17.7 Å². The standard InChI is InChI=1S/C6H2Cl2IN3S/c7-4-3-1-2-12(13-9)5(3)11-6(8)10-4/h1-2H. The Bertz CT molecular complexity index is 458. The fraction of sp³-hybridized carbons (Fsp3) is 0. The van der Waals surface area contributed by atoms with Crippen molar-refractivity contribution in [2.24, 2.45) is 0 Å². The van der Waals surface area contributed by atoms with E-state index in [0.29, 0.717) is 5.15 Å². The fourth-order valence-corrected chi connectivity index (χ4v) is 2.69. The van der Waals surface area contributed by atoms with Crippen molar-refractivity contribution in [1.82, 2.24) is 13.9 Å². The molecule has 0 bridgehead atoms. The van der Waals surface area contributed by atoms with Crippen molar-refractivity contribution >= 4 is 64.6 Å². The zero-order valence-corrected chi connectivity index (χ0v) is 10.5. The molecule has 2 aromatic heterocycles. The SMILES string of the molecule is Clc1nc(Cl)c2ccn(SI)c2n1. The molecule has 0 aliphatic heterocycles. The normalized spacial score (nSPS) is 11.0. The molecule has 0 saturated heterocycles. The van der Waals surface area contributed by atoms with Crippen LogP contribution >= 0.6 is 53.5 Å². The second-order valence-corrected chi connectivity index (χ2v) is 4.64. The molecule has 0 N–H and O–H groups in total. The predicted molar refractivity (Wildman–Crippen MR) is 64.6 cm³/mol. The van der Waals surface area contributed by atoms with E-state index in [1.54, 1.807) is 0 Å². The van der Waals surface area contributed by atoms with Gasteiger partial charge in [0.15, 0.2) is 5.65 Å². The molecule has 68 valence electrons. The topological polar surface area (TPSA) is 30.7 Å². The van der Waals surface area contributed by atoms with Crippen LogP contribution in [0.2, 0.25) is 10.4 Å². The largest absolute Gasteiger partial charge is 0.266 e. The fourth-order valence-electron chi connectivity index (χ4n) is 0.986. The van der Waals surface area contributed by atoms with Gasteiger partial charge in [0.1, 0.15) is 5.15 Å². The van der Waals surface area contributed by atoms with Crippen LogP contribution in [-0.2, 0) is 0 Å². The van der Waals surface area contributed by atoms with Gasteiger partial charge in [0, 0.05) is 36.5 Å². The van der Waals surface area contributed by atoms with Gasteiger partial charge in [-0.25, -0.2) is 4.98 Å². The summed E-state index contributed by atoms with van der Waals surface area (Å²) in [6, 6.07) is 1.86. The van der Waals surface area contributed by atoms with Gasteiger partial charge in [0.2, 0.25) is 5.28 Å². The van der Waals surface area contributed by atoms with Crippen LogP contribution in [0.5, 0.6) is 0 Å². The van der Waals surface area contributed by atoms with Crippen LogP contribution in [0.4, 0.5) is 0 Å². The Morgan fingerprint density at radius 1 is 1.38 bits per heavy atom. The van der Waals surface area contributed by atoms with Gasteiger partial charge >= 0.3 is 0 Å². The zero-order chi connectivity index (χ0) is 9.42. The maximum absolute atomic E-state index is 5.87. The molecule has 0 unspecified atom stereocenters. The van der Waals surface area contributed by atoms with Gasteiger partial charge in [-0.15, -0.1) is 0 Å². The average molecular weight is 346 g/mol. The van der Waals surface area contributed by atoms with Crippen molar-refractivity contribution in [2.75, 3.05) is 0 Å². The number of aromatic nitrogens is 3. The molecule has 13 heavy (non-hydrogen) atoms.